The maximum absolute atomic E-state index is 6.20. The second-order valence-electron chi connectivity index (χ2n) is 4.89. The van der Waals surface area contributed by atoms with Gasteiger partial charge in [0.1, 0.15) is 5.82 Å². The van der Waals surface area contributed by atoms with E-state index in [1.165, 1.54) is 11.3 Å². The monoisotopic (exact) mass is 221 g/mol. The number of likely N-dealkylation sites (N-methyl/N-ethyl adjacent to an activating group) is 1. The van der Waals surface area contributed by atoms with E-state index < -0.39 is 0 Å². The van der Waals surface area contributed by atoms with Crippen molar-refractivity contribution in [2.24, 2.45) is 0 Å². The van der Waals surface area contributed by atoms with E-state index in [1.807, 2.05) is 4.68 Å². The summed E-state index contributed by atoms with van der Waals surface area (Å²) < 4.78 is 2.05. The van der Waals surface area contributed by atoms with Gasteiger partial charge in [-0.3, -0.25) is 0 Å². The number of aromatic nitrogens is 2. The first kappa shape index (κ1) is 10.1. The summed E-state index contributed by atoms with van der Waals surface area (Å²) in [7, 11) is 2.13. The molecule has 1 atom stereocenters. The third-order valence-electron chi connectivity index (χ3n) is 3.68. The molecule has 1 fully saturated rings. The van der Waals surface area contributed by atoms with Gasteiger partial charge < -0.3 is 16.0 Å². The van der Waals surface area contributed by atoms with Gasteiger partial charge in [-0.05, 0) is 26.4 Å². The molecule has 1 saturated heterocycles. The number of nitrogens with two attached hydrogens (primary N) is 1. The van der Waals surface area contributed by atoms with E-state index in [1.54, 1.807) is 0 Å². The number of hydrogen-bond donors (Lipinski definition) is 2. The number of fused-ring (bicyclic) bond motifs is 1. The van der Waals surface area contributed by atoms with Crippen molar-refractivity contribution < 1.29 is 0 Å². The Morgan fingerprint density at radius 2 is 2.38 bits per heavy atom. The molecule has 88 valence electrons. The fourth-order valence-electron chi connectivity index (χ4n) is 2.69. The summed E-state index contributed by atoms with van der Waals surface area (Å²) in [6.45, 7) is 4.10. The predicted molar refractivity (Wildman–Crippen MR) is 63.2 cm³/mol. The molecule has 0 aliphatic carbocycles. The summed E-state index contributed by atoms with van der Waals surface area (Å²) in [6.07, 6.45) is 2.18. The Morgan fingerprint density at radius 1 is 1.50 bits per heavy atom. The van der Waals surface area contributed by atoms with Crippen LogP contribution in [0, 0.1) is 0 Å². The summed E-state index contributed by atoms with van der Waals surface area (Å²) in [5, 5.41) is 8.05. The third kappa shape index (κ3) is 1.51. The molecule has 16 heavy (non-hydrogen) atoms. The summed E-state index contributed by atoms with van der Waals surface area (Å²) >= 11 is 0. The number of anilines is 1. The summed E-state index contributed by atoms with van der Waals surface area (Å²) in [4.78, 5) is 2.30. The Hall–Kier alpha value is -1.07. The van der Waals surface area contributed by atoms with Crippen LogP contribution in [0.3, 0.4) is 0 Å². The van der Waals surface area contributed by atoms with E-state index in [4.69, 9.17) is 10.8 Å². The van der Waals surface area contributed by atoms with Crippen LogP contribution in [0.4, 0.5) is 5.82 Å². The van der Waals surface area contributed by atoms with Crippen LogP contribution in [0.5, 0.6) is 0 Å². The molecule has 5 nitrogen and oxygen atoms in total. The fourth-order valence-corrected chi connectivity index (χ4v) is 2.69. The van der Waals surface area contributed by atoms with E-state index in [9.17, 15) is 0 Å². The highest BCUT2D eigenvalue weighted by molar-refractivity contribution is 5.45. The van der Waals surface area contributed by atoms with Crippen molar-refractivity contribution in [2.75, 3.05) is 32.4 Å². The molecule has 0 amide bonds. The molecular formula is C11H19N5. The Labute approximate surface area is 95.6 Å². The highest BCUT2D eigenvalue weighted by atomic mass is 15.4. The highest BCUT2D eigenvalue weighted by Gasteiger charge is 2.26. The lowest BCUT2D eigenvalue weighted by Gasteiger charge is -2.20. The summed E-state index contributed by atoms with van der Waals surface area (Å²) in [6, 6.07) is 0.455. The van der Waals surface area contributed by atoms with E-state index >= 15 is 0 Å². The lowest BCUT2D eigenvalue weighted by Crippen LogP contribution is -2.26. The Morgan fingerprint density at radius 3 is 3.12 bits per heavy atom. The van der Waals surface area contributed by atoms with E-state index in [0.717, 1.165) is 44.8 Å². The van der Waals surface area contributed by atoms with Crippen LogP contribution in [0.15, 0.2) is 0 Å². The van der Waals surface area contributed by atoms with Gasteiger partial charge in [0.2, 0.25) is 0 Å². The number of nitrogen functional groups attached to an aromatic ring is 1. The fraction of sp³-hybridized carbons (Fsp3) is 0.727. The van der Waals surface area contributed by atoms with Gasteiger partial charge in [-0.1, -0.05) is 0 Å². The second-order valence-corrected chi connectivity index (χ2v) is 4.89. The van der Waals surface area contributed by atoms with Crippen molar-refractivity contribution >= 4 is 5.82 Å². The Balaban J connectivity index is 1.95. The van der Waals surface area contributed by atoms with Crippen molar-refractivity contribution in [1.29, 1.82) is 0 Å². The molecule has 0 aromatic carbocycles. The first-order valence-corrected chi connectivity index (χ1v) is 6.00. The molecule has 0 saturated carbocycles. The van der Waals surface area contributed by atoms with Crippen LogP contribution >= 0.6 is 0 Å². The van der Waals surface area contributed by atoms with Crippen molar-refractivity contribution in [1.82, 2.24) is 20.0 Å². The zero-order valence-electron chi connectivity index (χ0n) is 9.74. The molecule has 0 radical (unpaired) electrons. The van der Waals surface area contributed by atoms with Crippen LogP contribution in [0.25, 0.3) is 0 Å². The van der Waals surface area contributed by atoms with Gasteiger partial charge in [0.05, 0.1) is 11.7 Å². The van der Waals surface area contributed by atoms with E-state index in [2.05, 4.69) is 17.3 Å². The van der Waals surface area contributed by atoms with Gasteiger partial charge >= 0.3 is 0 Å². The molecule has 1 aromatic rings. The molecule has 2 aliphatic rings. The molecule has 3 rings (SSSR count). The predicted octanol–water partition coefficient (Wildman–Crippen LogP) is -0.0124. The van der Waals surface area contributed by atoms with Crippen LogP contribution in [-0.4, -0.2) is 41.4 Å². The number of nitrogens with one attached hydrogen (secondary N) is 1. The van der Waals surface area contributed by atoms with Crippen molar-refractivity contribution in [3.63, 3.8) is 0 Å². The lowest BCUT2D eigenvalue weighted by atomic mass is 10.1. The Kier molecular flexibility index (Phi) is 2.37. The first-order valence-electron chi connectivity index (χ1n) is 6.00. The number of hydrogen-bond acceptors (Lipinski definition) is 4. The molecule has 0 bridgehead atoms. The number of nitrogens with zero attached hydrogens (tertiary/aromatic N) is 3. The van der Waals surface area contributed by atoms with Crippen LogP contribution in [0.1, 0.15) is 23.7 Å². The van der Waals surface area contributed by atoms with Crippen molar-refractivity contribution in [3.8, 4) is 0 Å². The van der Waals surface area contributed by atoms with Gasteiger partial charge in [-0.25, -0.2) is 4.68 Å². The van der Waals surface area contributed by atoms with Gasteiger partial charge in [-0.2, -0.15) is 5.10 Å². The summed E-state index contributed by atoms with van der Waals surface area (Å²) in [5.74, 6) is 0.900. The second kappa shape index (κ2) is 3.75. The standard InChI is InChI=1S/C11H19N5/c1-15-5-3-9-10(7-15)14-16(11(9)12)8-2-4-13-6-8/h8,13H,2-7,12H2,1H3. The first-order chi connectivity index (χ1) is 7.75. The maximum Gasteiger partial charge on any atom is 0.125 e. The van der Waals surface area contributed by atoms with Crippen molar-refractivity contribution in [2.45, 2.75) is 25.4 Å². The minimum atomic E-state index is 0.455. The zero-order valence-corrected chi connectivity index (χ0v) is 9.74. The average Bonchev–Trinajstić information content (AvgIpc) is 2.86. The van der Waals surface area contributed by atoms with Crippen molar-refractivity contribution in [3.05, 3.63) is 11.3 Å². The van der Waals surface area contributed by atoms with Crippen LogP contribution in [-0.2, 0) is 13.0 Å². The third-order valence-corrected chi connectivity index (χ3v) is 3.68. The molecule has 0 spiro atoms. The normalized spacial score (nSPS) is 25.9. The maximum atomic E-state index is 6.20. The SMILES string of the molecule is CN1CCc2c(nn(C3CCNC3)c2N)C1. The quantitative estimate of drug-likeness (QED) is 0.700. The molecule has 3 N–H and O–H groups in total. The highest BCUT2D eigenvalue weighted by Crippen LogP contribution is 2.27. The smallest absolute Gasteiger partial charge is 0.125 e. The van der Waals surface area contributed by atoms with Gasteiger partial charge in [-0.15, -0.1) is 0 Å². The van der Waals surface area contributed by atoms with Gasteiger partial charge in [0.15, 0.2) is 0 Å². The summed E-state index contributed by atoms with van der Waals surface area (Å²) in [5.41, 5.74) is 8.66. The number of rotatable bonds is 1. The molecule has 1 aromatic heterocycles. The minimum absolute atomic E-state index is 0.455. The molecule has 3 heterocycles. The topological polar surface area (TPSA) is 59.1 Å². The van der Waals surface area contributed by atoms with Gasteiger partial charge in [0.25, 0.3) is 0 Å². The van der Waals surface area contributed by atoms with Crippen LogP contribution in [0.2, 0.25) is 0 Å². The molecule has 5 heteroatoms. The lowest BCUT2D eigenvalue weighted by molar-refractivity contribution is 0.307. The molecular weight excluding hydrogens is 202 g/mol. The zero-order chi connectivity index (χ0) is 11.1. The van der Waals surface area contributed by atoms with Gasteiger partial charge in [0, 0.05) is 25.2 Å². The molecule has 1 unspecified atom stereocenters. The van der Waals surface area contributed by atoms with E-state index in [0.29, 0.717) is 6.04 Å². The van der Waals surface area contributed by atoms with Crippen LogP contribution < -0.4 is 11.1 Å². The molecule has 2 aliphatic heterocycles. The Bertz CT molecular complexity index is 391. The largest absolute Gasteiger partial charge is 0.384 e. The van der Waals surface area contributed by atoms with E-state index in [-0.39, 0.29) is 0 Å². The average molecular weight is 221 g/mol. The minimum Gasteiger partial charge on any atom is -0.384 e.